The standard InChI is InChI=1S/C28H25N7O/c1-18-11-22(13-24(12-18)35-16-20(3)31-17-35)27(36)32-23-7-6-19(2)26(14-23)34-28-30-10-8-25(33-28)21-5-4-9-29-15-21/h4-17H,1-3H3,(H,32,36)(H,30,33,34). The molecule has 0 unspecified atom stereocenters. The summed E-state index contributed by atoms with van der Waals surface area (Å²) in [5.41, 5.74) is 7.49. The lowest BCUT2D eigenvalue weighted by Crippen LogP contribution is -2.13. The molecular formula is C28H25N7O. The van der Waals surface area contributed by atoms with E-state index in [1.807, 2.05) is 86.1 Å². The van der Waals surface area contributed by atoms with E-state index in [4.69, 9.17) is 0 Å². The van der Waals surface area contributed by atoms with E-state index in [0.717, 1.165) is 39.5 Å². The molecule has 5 aromatic rings. The van der Waals surface area contributed by atoms with Gasteiger partial charge in [-0.2, -0.15) is 0 Å². The van der Waals surface area contributed by atoms with Crippen molar-refractivity contribution >= 4 is 23.2 Å². The first-order valence-corrected chi connectivity index (χ1v) is 11.5. The summed E-state index contributed by atoms with van der Waals surface area (Å²) in [5.74, 6) is 0.267. The van der Waals surface area contributed by atoms with Gasteiger partial charge in [0.15, 0.2) is 0 Å². The average molecular weight is 476 g/mol. The number of carbonyl (C=O) groups excluding carboxylic acids is 1. The molecule has 0 radical (unpaired) electrons. The highest BCUT2D eigenvalue weighted by Crippen LogP contribution is 2.25. The Morgan fingerprint density at radius 1 is 0.944 bits per heavy atom. The minimum absolute atomic E-state index is 0.193. The fourth-order valence-electron chi connectivity index (χ4n) is 3.86. The van der Waals surface area contributed by atoms with Gasteiger partial charge in [-0.25, -0.2) is 15.0 Å². The zero-order valence-corrected chi connectivity index (χ0v) is 20.2. The van der Waals surface area contributed by atoms with Crippen LogP contribution in [0.5, 0.6) is 0 Å². The monoisotopic (exact) mass is 475 g/mol. The van der Waals surface area contributed by atoms with Crippen molar-refractivity contribution in [3.63, 3.8) is 0 Å². The van der Waals surface area contributed by atoms with Crippen molar-refractivity contribution in [2.75, 3.05) is 10.6 Å². The summed E-state index contributed by atoms with van der Waals surface area (Å²) in [6.07, 6.45) is 8.87. The zero-order chi connectivity index (χ0) is 25.1. The van der Waals surface area contributed by atoms with Gasteiger partial charge in [-0.3, -0.25) is 9.78 Å². The Morgan fingerprint density at radius 2 is 1.83 bits per heavy atom. The Bertz CT molecular complexity index is 1540. The van der Waals surface area contributed by atoms with Crippen LogP contribution in [0.1, 0.15) is 27.2 Å². The SMILES string of the molecule is Cc1cc(C(=O)Nc2ccc(C)c(Nc3nccc(-c4cccnc4)n3)c2)cc(-n2cnc(C)c2)c1. The van der Waals surface area contributed by atoms with Crippen LogP contribution in [-0.2, 0) is 0 Å². The number of carbonyl (C=O) groups is 1. The number of rotatable bonds is 6. The number of hydrogen-bond donors (Lipinski definition) is 2. The molecule has 8 nitrogen and oxygen atoms in total. The number of aromatic nitrogens is 5. The van der Waals surface area contributed by atoms with Crippen LogP contribution in [0.4, 0.5) is 17.3 Å². The molecule has 0 saturated heterocycles. The molecular weight excluding hydrogens is 450 g/mol. The molecule has 0 bridgehead atoms. The molecule has 0 aliphatic carbocycles. The molecule has 3 aromatic heterocycles. The van der Waals surface area contributed by atoms with E-state index in [-0.39, 0.29) is 5.91 Å². The zero-order valence-electron chi connectivity index (χ0n) is 20.2. The molecule has 8 heteroatoms. The minimum Gasteiger partial charge on any atom is -0.324 e. The molecule has 0 fully saturated rings. The van der Waals surface area contributed by atoms with Gasteiger partial charge in [-0.05, 0) is 80.4 Å². The Balaban J connectivity index is 1.36. The van der Waals surface area contributed by atoms with Gasteiger partial charge in [-0.15, -0.1) is 0 Å². The molecule has 178 valence electrons. The van der Waals surface area contributed by atoms with Gasteiger partial charge >= 0.3 is 0 Å². The number of benzene rings is 2. The summed E-state index contributed by atoms with van der Waals surface area (Å²) in [6.45, 7) is 5.89. The van der Waals surface area contributed by atoms with Gasteiger partial charge in [-0.1, -0.05) is 6.07 Å². The number of imidazole rings is 1. The fourth-order valence-corrected chi connectivity index (χ4v) is 3.86. The van der Waals surface area contributed by atoms with Gasteiger partial charge in [0.25, 0.3) is 5.91 Å². The first-order chi connectivity index (χ1) is 17.4. The van der Waals surface area contributed by atoms with E-state index in [1.165, 1.54) is 0 Å². The van der Waals surface area contributed by atoms with Gasteiger partial charge in [0.1, 0.15) is 0 Å². The third-order valence-corrected chi connectivity index (χ3v) is 5.69. The number of aryl methyl sites for hydroxylation is 3. The first-order valence-electron chi connectivity index (χ1n) is 11.5. The maximum absolute atomic E-state index is 13.1. The molecule has 3 heterocycles. The molecule has 0 aliphatic rings. The lowest BCUT2D eigenvalue weighted by molar-refractivity contribution is 0.102. The first kappa shape index (κ1) is 22.9. The summed E-state index contributed by atoms with van der Waals surface area (Å²) in [6, 6.07) is 17.1. The second-order valence-electron chi connectivity index (χ2n) is 8.60. The van der Waals surface area contributed by atoms with Crippen molar-refractivity contribution in [2.45, 2.75) is 20.8 Å². The third kappa shape index (κ3) is 5.12. The molecule has 36 heavy (non-hydrogen) atoms. The molecule has 2 aromatic carbocycles. The molecule has 0 aliphatic heterocycles. The Hall–Kier alpha value is -4.85. The number of nitrogens with zero attached hydrogens (tertiary/aromatic N) is 5. The van der Waals surface area contributed by atoms with Crippen LogP contribution in [0.25, 0.3) is 16.9 Å². The normalized spacial score (nSPS) is 10.8. The summed E-state index contributed by atoms with van der Waals surface area (Å²) < 4.78 is 1.91. The van der Waals surface area contributed by atoms with Gasteiger partial charge < -0.3 is 15.2 Å². The van der Waals surface area contributed by atoms with Crippen molar-refractivity contribution in [1.29, 1.82) is 0 Å². The average Bonchev–Trinajstić information content (AvgIpc) is 3.33. The topological polar surface area (TPSA) is 97.6 Å². The third-order valence-electron chi connectivity index (χ3n) is 5.69. The van der Waals surface area contributed by atoms with Gasteiger partial charge in [0.2, 0.25) is 5.95 Å². The van der Waals surface area contributed by atoms with E-state index in [0.29, 0.717) is 17.2 Å². The summed E-state index contributed by atoms with van der Waals surface area (Å²) in [4.78, 5) is 30.5. The Kier molecular flexibility index (Phi) is 6.23. The quantitative estimate of drug-likeness (QED) is 0.330. The van der Waals surface area contributed by atoms with Crippen LogP contribution in [-0.4, -0.2) is 30.4 Å². The lowest BCUT2D eigenvalue weighted by Gasteiger charge is -2.13. The van der Waals surface area contributed by atoms with E-state index < -0.39 is 0 Å². The van der Waals surface area contributed by atoms with Crippen molar-refractivity contribution in [1.82, 2.24) is 24.5 Å². The van der Waals surface area contributed by atoms with Gasteiger partial charge in [0, 0.05) is 53.0 Å². The summed E-state index contributed by atoms with van der Waals surface area (Å²) >= 11 is 0. The van der Waals surface area contributed by atoms with E-state index >= 15 is 0 Å². The predicted molar refractivity (Wildman–Crippen MR) is 141 cm³/mol. The number of hydrogen-bond acceptors (Lipinski definition) is 6. The molecule has 0 atom stereocenters. The van der Waals surface area contributed by atoms with E-state index in [1.54, 1.807) is 24.9 Å². The molecule has 5 rings (SSSR count). The maximum atomic E-state index is 13.1. The minimum atomic E-state index is -0.193. The Morgan fingerprint density at radius 3 is 2.61 bits per heavy atom. The van der Waals surface area contributed by atoms with Crippen LogP contribution in [0, 0.1) is 20.8 Å². The maximum Gasteiger partial charge on any atom is 0.255 e. The smallest absolute Gasteiger partial charge is 0.255 e. The van der Waals surface area contributed by atoms with Crippen LogP contribution in [0.2, 0.25) is 0 Å². The molecule has 2 N–H and O–H groups in total. The van der Waals surface area contributed by atoms with Crippen LogP contribution in [0.15, 0.2) is 85.7 Å². The Labute approximate surface area is 209 Å². The van der Waals surface area contributed by atoms with Gasteiger partial charge in [0.05, 0.1) is 17.7 Å². The van der Waals surface area contributed by atoms with E-state index in [2.05, 4.69) is 30.6 Å². The molecule has 1 amide bonds. The van der Waals surface area contributed by atoms with Crippen molar-refractivity contribution < 1.29 is 4.79 Å². The molecule has 0 spiro atoms. The lowest BCUT2D eigenvalue weighted by atomic mass is 10.1. The number of nitrogens with one attached hydrogen (secondary N) is 2. The second kappa shape index (κ2) is 9.79. The van der Waals surface area contributed by atoms with E-state index in [9.17, 15) is 4.79 Å². The van der Waals surface area contributed by atoms with Crippen molar-refractivity contribution in [3.05, 3.63) is 108 Å². The van der Waals surface area contributed by atoms with Crippen LogP contribution < -0.4 is 10.6 Å². The fraction of sp³-hybridized carbons (Fsp3) is 0.107. The highest BCUT2D eigenvalue weighted by molar-refractivity contribution is 6.05. The number of anilines is 3. The number of pyridine rings is 1. The van der Waals surface area contributed by atoms with Crippen molar-refractivity contribution in [3.8, 4) is 16.9 Å². The van der Waals surface area contributed by atoms with Crippen LogP contribution >= 0.6 is 0 Å². The van der Waals surface area contributed by atoms with Crippen molar-refractivity contribution in [2.24, 2.45) is 0 Å². The predicted octanol–water partition coefficient (Wildman–Crippen LogP) is 5.65. The summed E-state index contributed by atoms with van der Waals surface area (Å²) in [5, 5.41) is 6.28. The highest BCUT2D eigenvalue weighted by atomic mass is 16.1. The molecule has 0 saturated carbocycles. The summed E-state index contributed by atoms with van der Waals surface area (Å²) in [7, 11) is 0. The largest absolute Gasteiger partial charge is 0.324 e. The van der Waals surface area contributed by atoms with Crippen LogP contribution in [0.3, 0.4) is 0 Å². The highest BCUT2D eigenvalue weighted by Gasteiger charge is 2.11. The second-order valence-corrected chi connectivity index (χ2v) is 8.60. The number of amides is 1.